The van der Waals surface area contributed by atoms with Crippen molar-refractivity contribution in [3.8, 4) is 0 Å². The molecular weight excluding hydrogens is 172 g/mol. The minimum absolute atomic E-state index is 0.369. The Morgan fingerprint density at radius 1 is 1.21 bits per heavy atom. The van der Waals surface area contributed by atoms with Crippen LogP contribution < -0.4 is 5.32 Å². The number of piperidine rings is 1. The molecule has 1 N–H and O–H groups in total. The SMILES string of the molecule is CC1CCN(C2CNC(C)(C)C2)CC1. The third kappa shape index (κ3) is 2.29. The molecule has 2 rings (SSSR count). The van der Waals surface area contributed by atoms with Crippen molar-refractivity contribution in [2.45, 2.75) is 51.6 Å². The van der Waals surface area contributed by atoms with Crippen molar-refractivity contribution in [2.75, 3.05) is 19.6 Å². The maximum absolute atomic E-state index is 3.61. The van der Waals surface area contributed by atoms with Gasteiger partial charge in [-0.3, -0.25) is 4.90 Å². The lowest BCUT2D eigenvalue weighted by molar-refractivity contribution is 0.143. The highest BCUT2D eigenvalue weighted by Crippen LogP contribution is 2.26. The molecule has 0 aromatic rings. The summed E-state index contributed by atoms with van der Waals surface area (Å²) >= 11 is 0. The summed E-state index contributed by atoms with van der Waals surface area (Å²) in [5, 5.41) is 3.61. The van der Waals surface area contributed by atoms with E-state index in [0.717, 1.165) is 12.0 Å². The Kier molecular flexibility index (Phi) is 2.85. The number of hydrogen-bond donors (Lipinski definition) is 1. The first-order chi connectivity index (χ1) is 6.57. The predicted molar refractivity (Wildman–Crippen MR) is 60.5 cm³/mol. The summed E-state index contributed by atoms with van der Waals surface area (Å²) in [6, 6.07) is 0.803. The van der Waals surface area contributed by atoms with E-state index in [1.165, 1.54) is 38.9 Å². The van der Waals surface area contributed by atoms with Crippen LogP contribution >= 0.6 is 0 Å². The van der Waals surface area contributed by atoms with E-state index in [0.29, 0.717) is 5.54 Å². The quantitative estimate of drug-likeness (QED) is 0.688. The second kappa shape index (κ2) is 3.82. The van der Waals surface area contributed by atoms with E-state index in [1.807, 2.05) is 0 Å². The second-order valence-corrected chi connectivity index (χ2v) is 5.84. The van der Waals surface area contributed by atoms with Crippen molar-refractivity contribution in [3.63, 3.8) is 0 Å². The molecule has 2 aliphatic heterocycles. The Morgan fingerprint density at radius 2 is 1.86 bits per heavy atom. The molecule has 0 aliphatic carbocycles. The fraction of sp³-hybridized carbons (Fsp3) is 1.00. The lowest BCUT2D eigenvalue weighted by Gasteiger charge is -2.34. The van der Waals surface area contributed by atoms with E-state index in [9.17, 15) is 0 Å². The summed E-state index contributed by atoms with van der Waals surface area (Å²) in [5.41, 5.74) is 0.369. The van der Waals surface area contributed by atoms with Gasteiger partial charge in [-0.2, -0.15) is 0 Å². The molecule has 2 heterocycles. The van der Waals surface area contributed by atoms with E-state index in [1.54, 1.807) is 0 Å². The molecule has 14 heavy (non-hydrogen) atoms. The largest absolute Gasteiger partial charge is 0.310 e. The van der Waals surface area contributed by atoms with Crippen LogP contribution in [0.2, 0.25) is 0 Å². The first kappa shape index (κ1) is 10.4. The predicted octanol–water partition coefficient (Wildman–Crippen LogP) is 1.86. The smallest absolute Gasteiger partial charge is 0.0238 e. The standard InChI is InChI=1S/C12H24N2/c1-10-4-6-14(7-5-10)11-8-12(2,3)13-9-11/h10-11,13H,4-9H2,1-3H3. The molecule has 2 heteroatoms. The average Bonchev–Trinajstić information content (AvgIpc) is 2.47. The topological polar surface area (TPSA) is 15.3 Å². The number of nitrogens with zero attached hydrogens (tertiary/aromatic N) is 1. The minimum atomic E-state index is 0.369. The van der Waals surface area contributed by atoms with E-state index >= 15 is 0 Å². The Hall–Kier alpha value is -0.0800. The monoisotopic (exact) mass is 196 g/mol. The molecule has 0 amide bonds. The van der Waals surface area contributed by atoms with Crippen LogP contribution in [0.25, 0.3) is 0 Å². The maximum Gasteiger partial charge on any atom is 0.0238 e. The third-order valence-corrected chi connectivity index (χ3v) is 3.90. The molecule has 0 spiro atoms. The molecule has 2 nitrogen and oxygen atoms in total. The molecule has 2 saturated heterocycles. The van der Waals surface area contributed by atoms with Crippen molar-refractivity contribution in [1.29, 1.82) is 0 Å². The van der Waals surface area contributed by atoms with Gasteiger partial charge in [0.2, 0.25) is 0 Å². The Labute approximate surface area is 88.1 Å². The lowest BCUT2D eigenvalue weighted by atomic mass is 9.95. The molecule has 0 aromatic heterocycles. The van der Waals surface area contributed by atoms with Crippen LogP contribution in [0.1, 0.15) is 40.0 Å². The van der Waals surface area contributed by atoms with Crippen LogP contribution in [-0.2, 0) is 0 Å². The van der Waals surface area contributed by atoms with Crippen LogP contribution in [0.3, 0.4) is 0 Å². The highest BCUT2D eigenvalue weighted by atomic mass is 15.2. The molecule has 0 bridgehead atoms. The zero-order valence-electron chi connectivity index (χ0n) is 9.84. The third-order valence-electron chi connectivity index (χ3n) is 3.90. The van der Waals surface area contributed by atoms with E-state index < -0.39 is 0 Å². The van der Waals surface area contributed by atoms with Gasteiger partial charge in [0.1, 0.15) is 0 Å². The molecule has 0 saturated carbocycles. The fourth-order valence-corrected chi connectivity index (χ4v) is 2.78. The van der Waals surface area contributed by atoms with Crippen molar-refractivity contribution in [1.82, 2.24) is 10.2 Å². The van der Waals surface area contributed by atoms with Crippen LogP contribution in [-0.4, -0.2) is 36.1 Å². The first-order valence-corrected chi connectivity index (χ1v) is 6.06. The van der Waals surface area contributed by atoms with Gasteiger partial charge < -0.3 is 5.32 Å². The summed E-state index contributed by atoms with van der Waals surface area (Å²) in [5.74, 6) is 0.952. The van der Waals surface area contributed by atoms with Gasteiger partial charge in [0.15, 0.2) is 0 Å². The van der Waals surface area contributed by atoms with Gasteiger partial charge in [0, 0.05) is 18.1 Å². The van der Waals surface area contributed by atoms with Crippen molar-refractivity contribution in [3.05, 3.63) is 0 Å². The van der Waals surface area contributed by atoms with Gasteiger partial charge in [-0.15, -0.1) is 0 Å². The van der Waals surface area contributed by atoms with Gasteiger partial charge in [0.25, 0.3) is 0 Å². The molecule has 2 fully saturated rings. The first-order valence-electron chi connectivity index (χ1n) is 6.06. The Morgan fingerprint density at radius 3 is 2.36 bits per heavy atom. The summed E-state index contributed by atoms with van der Waals surface area (Å²) in [6.45, 7) is 10.9. The fourth-order valence-electron chi connectivity index (χ4n) is 2.78. The van der Waals surface area contributed by atoms with Crippen LogP contribution in [0.4, 0.5) is 0 Å². The average molecular weight is 196 g/mol. The van der Waals surface area contributed by atoms with Crippen molar-refractivity contribution < 1.29 is 0 Å². The Balaban J connectivity index is 1.85. The van der Waals surface area contributed by atoms with Gasteiger partial charge in [-0.05, 0) is 52.1 Å². The zero-order chi connectivity index (χ0) is 10.2. The van der Waals surface area contributed by atoms with Crippen LogP contribution in [0.15, 0.2) is 0 Å². The normalized spacial score (nSPS) is 34.9. The number of likely N-dealkylation sites (tertiary alicyclic amines) is 1. The van der Waals surface area contributed by atoms with Gasteiger partial charge in [-0.1, -0.05) is 6.92 Å². The molecule has 1 unspecified atom stereocenters. The summed E-state index contributed by atoms with van der Waals surface area (Å²) in [6.07, 6.45) is 4.12. The number of nitrogens with one attached hydrogen (secondary N) is 1. The summed E-state index contributed by atoms with van der Waals surface area (Å²) in [7, 11) is 0. The molecular formula is C12H24N2. The molecule has 1 atom stereocenters. The zero-order valence-corrected chi connectivity index (χ0v) is 9.84. The van der Waals surface area contributed by atoms with Crippen LogP contribution in [0.5, 0.6) is 0 Å². The van der Waals surface area contributed by atoms with Gasteiger partial charge >= 0.3 is 0 Å². The van der Waals surface area contributed by atoms with Crippen molar-refractivity contribution >= 4 is 0 Å². The van der Waals surface area contributed by atoms with Gasteiger partial charge in [-0.25, -0.2) is 0 Å². The van der Waals surface area contributed by atoms with Gasteiger partial charge in [0.05, 0.1) is 0 Å². The van der Waals surface area contributed by atoms with E-state index in [2.05, 4.69) is 31.0 Å². The molecule has 82 valence electrons. The minimum Gasteiger partial charge on any atom is -0.310 e. The number of hydrogen-bond acceptors (Lipinski definition) is 2. The number of rotatable bonds is 1. The summed E-state index contributed by atoms with van der Waals surface area (Å²) in [4.78, 5) is 2.70. The highest BCUT2D eigenvalue weighted by molar-refractivity contribution is 4.95. The molecule has 0 radical (unpaired) electrons. The second-order valence-electron chi connectivity index (χ2n) is 5.84. The van der Waals surface area contributed by atoms with Crippen molar-refractivity contribution in [2.24, 2.45) is 5.92 Å². The maximum atomic E-state index is 3.61. The lowest BCUT2D eigenvalue weighted by Crippen LogP contribution is -2.42. The molecule has 2 aliphatic rings. The van der Waals surface area contributed by atoms with Crippen LogP contribution in [0, 0.1) is 5.92 Å². The van der Waals surface area contributed by atoms with E-state index in [-0.39, 0.29) is 0 Å². The molecule has 0 aromatic carbocycles. The van der Waals surface area contributed by atoms with E-state index in [4.69, 9.17) is 0 Å². The summed E-state index contributed by atoms with van der Waals surface area (Å²) < 4.78 is 0. The Bertz CT molecular complexity index is 192. The highest BCUT2D eigenvalue weighted by Gasteiger charge is 2.34.